The molecule has 0 radical (unpaired) electrons. The number of halogens is 1. The fraction of sp³-hybridized carbons (Fsp3) is 0.111. The first-order valence-corrected chi connectivity index (χ1v) is 9.43. The summed E-state index contributed by atoms with van der Waals surface area (Å²) in [5.74, 6) is 0.730. The molecule has 0 aliphatic carbocycles. The maximum atomic E-state index is 12.1. The molecule has 1 aromatic carbocycles. The van der Waals surface area contributed by atoms with Crippen LogP contribution in [0.15, 0.2) is 62.2 Å². The van der Waals surface area contributed by atoms with Crippen molar-refractivity contribution in [3.05, 3.63) is 74.1 Å². The molecule has 3 aromatic heterocycles. The first-order valence-electron chi connectivity index (χ1n) is 7.82. The van der Waals surface area contributed by atoms with Crippen molar-refractivity contribution in [1.82, 2.24) is 20.0 Å². The molecule has 0 atom stereocenters. The highest BCUT2D eigenvalue weighted by Crippen LogP contribution is 2.25. The number of nitrogens with zero attached hydrogens (tertiary/aromatic N) is 4. The van der Waals surface area contributed by atoms with E-state index in [-0.39, 0.29) is 12.1 Å². The molecule has 4 aromatic rings. The molecule has 0 bridgehead atoms. The van der Waals surface area contributed by atoms with Crippen LogP contribution in [0.3, 0.4) is 0 Å². The standard InChI is InChI=1S/C18H13BrN4O2S/c1-11-5-7-15(26-11)14-6-8-17(24)23(22-14)10-16-20-21-18(25-16)12-3-2-4-13(19)9-12/h2-9H,10H2,1H3. The van der Waals surface area contributed by atoms with E-state index in [4.69, 9.17) is 4.42 Å². The minimum Gasteiger partial charge on any atom is -0.419 e. The highest BCUT2D eigenvalue weighted by molar-refractivity contribution is 9.10. The van der Waals surface area contributed by atoms with E-state index in [0.717, 1.165) is 20.6 Å². The van der Waals surface area contributed by atoms with E-state index in [1.165, 1.54) is 15.6 Å². The number of aryl methyl sites for hydroxylation is 1. The summed E-state index contributed by atoms with van der Waals surface area (Å²) in [7, 11) is 0. The normalized spacial score (nSPS) is 11.0. The van der Waals surface area contributed by atoms with Crippen LogP contribution in [0.5, 0.6) is 0 Å². The van der Waals surface area contributed by atoms with Gasteiger partial charge in [-0.1, -0.05) is 22.0 Å². The quantitative estimate of drug-likeness (QED) is 0.488. The molecule has 6 nitrogen and oxygen atoms in total. The molecule has 0 N–H and O–H groups in total. The lowest BCUT2D eigenvalue weighted by molar-refractivity contribution is 0.466. The Kier molecular flexibility index (Phi) is 4.52. The predicted molar refractivity (Wildman–Crippen MR) is 103 cm³/mol. The highest BCUT2D eigenvalue weighted by Gasteiger charge is 2.12. The first-order chi connectivity index (χ1) is 12.6. The summed E-state index contributed by atoms with van der Waals surface area (Å²) in [6.45, 7) is 2.16. The fourth-order valence-electron chi connectivity index (χ4n) is 2.45. The topological polar surface area (TPSA) is 73.8 Å². The van der Waals surface area contributed by atoms with Crippen molar-refractivity contribution in [2.75, 3.05) is 0 Å². The van der Waals surface area contributed by atoms with Crippen LogP contribution in [0.4, 0.5) is 0 Å². The lowest BCUT2D eigenvalue weighted by atomic mass is 10.2. The van der Waals surface area contributed by atoms with Crippen LogP contribution >= 0.6 is 27.3 Å². The van der Waals surface area contributed by atoms with Gasteiger partial charge in [0.1, 0.15) is 12.2 Å². The molecule has 0 spiro atoms. The van der Waals surface area contributed by atoms with Gasteiger partial charge in [0.25, 0.3) is 5.56 Å². The number of hydrogen-bond donors (Lipinski definition) is 0. The molecule has 0 unspecified atom stereocenters. The van der Waals surface area contributed by atoms with Gasteiger partial charge in [-0.25, -0.2) is 4.68 Å². The molecular formula is C18H13BrN4O2S. The third-order valence-electron chi connectivity index (χ3n) is 3.68. The number of aromatic nitrogens is 4. The molecule has 3 heterocycles. The van der Waals surface area contributed by atoms with Crippen LogP contribution in [-0.2, 0) is 6.54 Å². The number of benzene rings is 1. The molecular weight excluding hydrogens is 416 g/mol. The zero-order valence-electron chi connectivity index (χ0n) is 13.7. The minimum absolute atomic E-state index is 0.123. The van der Waals surface area contributed by atoms with Gasteiger partial charge in [0.15, 0.2) is 0 Å². The fourth-order valence-corrected chi connectivity index (χ4v) is 3.68. The SMILES string of the molecule is Cc1ccc(-c2ccc(=O)n(Cc3nnc(-c4cccc(Br)c4)o3)n2)s1. The van der Waals surface area contributed by atoms with Crippen molar-refractivity contribution in [2.45, 2.75) is 13.5 Å². The Morgan fingerprint density at radius 3 is 2.81 bits per heavy atom. The van der Waals surface area contributed by atoms with Gasteiger partial charge in [-0.3, -0.25) is 4.79 Å². The van der Waals surface area contributed by atoms with Gasteiger partial charge >= 0.3 is 0 Å². The van der Waals surface area contributed by atoms with Gasteiger partial charge < -0.3 is 4.42 Å². The average Bonchev–Trinajstić information content (AvgIpc) is 3.26. The van der Waals surface area contributed by atoms with Crippen LogP contribution in [0.1, 0.15) is 10.8 Å². The molecule has 4 rings (SSSR count). The summed E-state index contributed by atoms with van der Waals surface area (Å²) in [6, 6.07) is 14.8. The Morgan fingerprint density at radius 1 is 1.15 bits per heavy atom. The van der Waals surface area contributed by atoms with Gasteiger partial charge in [-0.15, -0.1) is 21.5 Å². The van der Waals surface area contributed by atoms with Crippen LogP contribution in [0.25, 0.3) is 22.0 Å². The van der Waals surface area contributed by atoms with Gasteiger partial charge in [-0.2, -0.15) is 5.10 Å². The van der Waals surface area contributed by atoms with Crippen LogP contribution < -0.4 is 5.56 Å². The second-order valence-corrected chi connectivity index (χ2v) is 7.84. The Hall–Kier alpha value is -2.58. The summed E-state index contributed by atoms with van der Waals surface area (Å²) in [4.78, 5) is 14.3. The lowest BCUT2D eigenvalue weighted by Gasteiger charge is -2.03. The van der Waals surface area contributed by atoms with Crippen molar-refractivity contribution < 1.29 is 4.42 Å². The van der Waals surface area contributed by atoms with E-state index >= 15 is 0 Å². The van der Waals surface area contributed by atoms with Crippen molar-refractivity contribution >= 4 is 27.3 Å². The third-order valence-corrected chi connectivity index (χ3v) is 5.20. The van der Waals surface area contributed by atoms with E-state index < -0.39 is 0 Å². The molecule has 130 valence electrons. The molecule has 26 heavy (non-hydrogen) atoms. The molecule has 0 fully saturated rings. The number of rotatable bonds is 4. The number of hydrogen-bond acceptors (Lipinski definition) is 6. The lowest BCUT2D eigenvalue weighted by Crippen LogP contribution is -2.22. The van der Waals surface area contributed by atoms with Gasteiger partial charge in [0.2, 0.25) is 11.8 Å². The van der Waals surface area contributed by atoms with Gasteiger partial charge in [0, 0.05) is 21.0 Å². The van der Waals surface area contributed by atoms with Crippen molar-refractivity contribution in [3.8, 4) is 22.0 Å². The Morgan fingerprint density at radius 2 is 2.04 bits per heavy atom. The molecule has 0 aliphatic rings. The molecule has 0 saturated heterocycles. The summed E-state index contributed by atoms with van der Waals surface area (Å²) in [6.07, 6.45) is 0. The van der Waals surface area contributed by atoms with Gasteiger partial charge in [-0.05, 0) is 43.3 Å². The van der Waals surface area contributed by atoms with Crippen LogP contribution in [0.2, 0.25) is 0 Å². The second kappa shape index (κ2) is 6.97. The summed E-state index contributed by atoms with van der Waals surface area (Å²) < 4.78 is 7.95. The van der Waals surface area contributed by atoms with E-state index in [2.05, 4.69) is 31.2 Å². The van der Waals surface area contributed by atoms with Crippen LogP contribution in [0, 0.1) is 6.92 Å². The molecule has 8 heteroatoms. The Bertz CT molecular complexity index is 1130. The largest absolute Gasteiger partial charge is 0.419 e. The molecule has 0 amide bonds. The van der Waals surface area contributed by atoms with E-state index in [9.17, 15) is 4.79 Å². The summed E-state index contributed by atoms with van der Waals surface area (Å²) in [5.41, 5.74) is 1.33. The maximum Gasteiger partial charge on any atom is 0.267 e. The van der Waals surface area contributed by atoms with Crippen molar-refractivity contribution in [2.24, 2.45) is 0 Å². The molecule has 0 aliphatic heterocycles. The van der Waals surface area contributed by atoms with E-state index in [1.54, 1.807) is 17.4 Å². The second-order valence-electron chi connectivity index (χ2n) is 5.64. The zero-order valence-corrected chi connectivity index (χ0v) is 16.1. The average molecular weight is 429 g/mol. The van der Waals surface area contributed by atoms with Crippen molar-refractivity contribution in [1.29, 1.82) is 0 Å². The van der Waals surface area contributed by atoms with E-state index in [1.807, 2.05) is 43.3 Å². The van der Waals surface area contributed by atoms with Crippen LogP contribution in [-0.4, -0.2) is 20.0 Å². The molecule has 0 saturated carbocycles. The van der Waals surface area contributed by atoms with E-state index in [0.29, 0.717) is 11.8 Å². The predicted octanol–water partition coefficient (Wildman–Crippen LogP) is 4.14. The maximum absolute atomic E-state index is 12.1. The highest BCUT2D eigenvalue weighted by atomic mass is 79.9. The Labute approximate surface area is 161 Å². The smallest absolute Gasteiger partial charge is 0.267 e. The van der Waals surface area contributed by atoms with Gasteiger partial charge in [0.05, 0.1) is 4.88 Å². The first kappa shape index (κ1) is 16.9. The summed E-state index contributed by atoms with van der Waals surface area (Å²) in [5, 5.41) is 12.5. The minimum atomic E-state index is -0.218. The van der Waals surface area contributed by atoms with Crippen molar-refractivity contribution in [3.63, 3.8) is 0 Å². The number of thiophene rings is 1. The third kappa shape index (κ3) is 3.51. The Balaban J connectivity index is 1.62. The zero-order chi connectivity index (χ0) is 18.1. The monoisotopic (exact) mass is 428 g/mol. The summed E-state index contributed by atoms with van der Waals surface area (Å²) >= 11 is 5.05.